The molecule has 5 aromatic rings. The first-order valence-electron chi connectivity index (χ1n) is 11.2. The van der Waals surface area contributed by atoms with Crippen LogP contribution < -0.4 is 15.0 Å². The highest BCUT2D eigenvalue weighted by Gasteiger charge is 2.19. The number of para-hydroxylation sites is 1. The molecular weight excluding hydrogens is 476 g/mol. The molecule has 0 aliphatic carbocycles. The third kappa shape index (κ3) is 4.43. The second-order valence-corrected chi connectivity index (χ2v) is 7.88. The van der Waals surface area contributed by atoms with Crippen molar-refractivity contribution in [2.24, 2.45) is 5.10 Å². The van der Waals surface area contributed by atoms with Crippen molar-refractivity contribution in [1.82, 2.24) is 9.66 Å². The molecule has 3 aromatic carbocycles. The summed E-state index contributed by atoms with van der Waals surface area (Å²) in [5, 5.41) is 17.0. The van der Waals surface area contributed by atoms with Gasteiger partial charge in [-0.25, -0.2) is 4.98 Å². The van der Waals surface area contributed by atoms with Crippen molar-refractivity contribution in [3.8, 4) is 23.1 Å². The molecular formula is C27H20N4O6. The van der Waals surface area contributed by atoms with E-state index < -0.39 is 10.5 Å². The first-order valence-corrected chi connectivity index (χ1v) is 11.2. The van der Waals surface area contributed by atoms with E-state index in [0.717, 1.165) is 4.68 Å². The van der Waals surface area contributed by atoms with Crippen LogP contribution in [0.1, 0.15) is 5.56 Å². The van der Waals surface area contributed by atoms with Crippen LogP contribution >= 0.6 is 0 Å². The van der Waals surface area contributed by atoms with Gasteiger partial charge in [-0.05, 0) is 42.5 Å². The summed E-state index contributed by atoms with van der Waals surface area (Å²) in [7, 11) is 1.56. The Morgan fingerprint density at radius 1 is 1.11 bits per heavy atom. The van der Waals surface area contributed by atoms with E-state index in [1.807, 2.05) is 0 Å². The molecule has 2 heterocycles. The number of ether oxygens (including phenoxy) is 2. The van der Waals surface area contributed by atoms with E-state index in [1.165, 1.54) is 24.4 Å². The number of hydrogen-bond donors (Lipinski definition) is 0. The predicted octanol–water partition coefficient (Wildman–Crippen LogP) is 5.17. The molecule has 0 N–H and O–H groups in total. The number of hydrogen-bond acceptors (Lipinski definition) is 8. The van der Waals surface area contributed by atoms with Gasteiger partial charge in [0.05, 0.1) is 34.5 Å². The van der Waals surface area contributed by atoms with Crippen LogP contribution in [-0.4, -0.2) is 34.5 Å². The molecule has 0 saturated carbocycles. The SMILES string of the molecule is C=CCOc1ccc(C=Nn2c(-c3cc4c(OC)cccc4o3)nc3ccccc3c2=O)cc1[N+](=O)[O-]. The van der Waals surface area contributed by atoms with Gasteiger partial charge in [0.1, 0.15) is 17.9 Å². The van der Waals surface area contributed by atoms with Gasteiger partial charge in [0.15, 0.2) is 11.5 Å². The fourth-order valence-corrected chi connectivity index (χ4v) is 3.87. The molecule has 10 heteroatoms. The molecule has 10 nitrogen and oxygen atoms in total. The van der Waals surface area contributed by atoms with Gasteiger partial charge in [0, 0.05) is 11.6 Å². The normalized spacial score (nSPS) is 11.3. The lowest BCUT2D eigenvalue weighted by atomic mass is 10.2. The molecule has 37 heavy (non-hydrogen) atoms. The Bertz CT molecular complexity index is 1750. The van der Waals surface area contributed by atoms with Crippen LogP contribution in [0.2, 0.25) is 0 Å². The van der Waals surface area contributed by atoms with Crippen LogP contribution in [0.5, 0.6) is 11.5 Å². The van der Waals surface area contributed by atoms with Crippen LogP contribution in [0.3, 0.4) is 0 Å². The zero-order chi connectivity index (χ0) is 25.9. The molecule has 5 rings (SSSR count). The van der Waals surface area contributed by atoms with Crippen LogP contribution in [-0.2, 0) is 0 Å². The molecule has 0 amide bonds. The molecule has 2 aromatic heterocycles. The minimum Gasteiger partial charge on any atom is -0.496 e. The lowest BCUT2D eigenvalue weighted by molar-refractivity contribution is -0.385. The summed E-state index contributed by atoms with van der Waals surface area (Å²) in [6.07, 6.45) is 2.84. The number of benzene rings is 3. The van der Waals surface area contributed by atoms with Crippen molar-refractivity contribution < 1.29 is 18.8 Å². The van der Waals surface area contributed by atoms with E-state index in [4.69, 9.17) is 13.9 Å². The van der Waals surface area contributed by atoms with Gasteiger partial charge < -0.3 is 13.9 Å². The minimum absolute atomic E-state index is 0.100. The maximum atomic E-state index is 13.4. The largest absolute Gasteiger partial charge is 0.496 e. The highest BCUT2D eigenvalue weighted by atomic mass is 16.6. The van der Waals surface area contributed by atoms with Crippen molar-refractivity contribution in [2.75, 3.05) is 13.7 Å². The molecule has 184 valence electrons. The maximum Gasteiger partial charge on any atom is 0.311 e. The first-order chi connectivity index (χ1) is 18.0. The highest BCUT2D eigenvalue weighted by molar-refractivity contribution is 5.88. The van der Waals surface area contributed by atoms with Crippen LogP contribution in [0.25, 0.3) is 33.5 Å². The van der Waals surface area contributed by atoms with E-state index in [-0.39, 0.29) is 23.9 Å². The number of nitro benzene ring substituents is 1. The standard InChI is InChI=1S/C27H20N4O6/c1-3-13-36-24-12-11-17(14-21(24)31(33)34)16-28-30-26(29-20-8-5-4-7-18(20)27(30)32)25-15-19-22(35-2)9-6-10-23(19)37-25/h3-12,14-16H,1,13H2,2H3. The third-order valence-corrected chi connectivity index (χ3v) is 5.57. The average Bonchev–Trinajstić information content (AvgIpc) is 3.36. The second-order valence-electron chi connectivity index (χ2n) is 7.88. The molecule has 0 aliphatic rings. The smallest absolute Gasteiger partial charge is 0.311 e. The zero-order valence-corrected chi connectivity index (χ0v) is 19.7. The number of nitrogens with zero attached hydrogens (tertiary/aromatic N) is 4. The van der Waals surface area contributed by atoms with E-state index >= 15 is 0 Å². The Morgan fingerprint density at radius 2 is 1.95 bits per heavy atom. The molecule has 0 bridgehead atoms. The van der Waals surface area contributed by atoms with E-state index in [1.54, 1.807) is 61.7 Å². The topological polar surface area (TPSA) is 122 Å². The molecule has 0 spiro atoms. The van der Waals surface area contributed by atoms with Crippen LogP contribution in [0.4, 0.5) is 5.69 Å². The van der Waals surface area contributed by atoms with Gasteiger partial charge in [-0.15, -0.1) is 0 Å². The van der Waals surface area contributed by atoms with Gasteiger partial charge >= 0.3 is 5.69 Å². The predicted molar refractivity (Wildman–Crippen MR) is 140 cm³/mol. The second kappa shape index (κ2) is 9.78. The number of aromatic nitrogens is 2. The highest BCUT2D eigenvalue weighted by Crippen LogP contribution is 2.33. The van der Waals surface area contributed by atoms with Crippen molar-refractivity contribution in [3.63, 3.8) is 0 Å². The minimum atomic E-state index is -0.549. The average molecular weight is 496 g/mol. The van der Waals surface area contributed by atoms with Crippen molar-refractivity contribution in [1.29, 1.82) is 0 Å². The summed E-state index contributed by atoms with van der Waals surface area (Å²) in [5.41, 5.74) is 0.748. The third-order valence-electron chi connectivity index (χ3n) is 5.57. The Hall–Kier alpha value is -5.25. The number of rotatable bonds is 8. The molecule has 0 aliphatic heterocycles. The fourth-order valence-electron chi connectivity index (χ4n) is 3.87. The maximum absolute atomic E-state index is 13.4. The number of furan rings is 1. The quantitative estimate of drug-likeness (QED) is 0.126. The van der Waals surface area contributed by atoms with Crippen molar-refractivity contribution in [2.45, 2.75) is 0 Å². The first kappa shape index (κ1) is 23.5. The summed E-state index contributed by atoms with van der Waals surface area (Å²) in [5.74, 6) is 1.18. The van der Waals surface area contributed by atoms with Crippen LogP contribution in [0.15, 0.2) is 93.7 Å². The molecule has 0 fully saturated rings. The van der Waals surface area contributed by atoms with Crippen molar-refractivity contribution >= 4 is 33.8 Å². The van der Waals surface area contributed by atoms with Gasteiger partial charge in [-0.1, -0.05) is 30.9 Å². The fraction of sp³-hybridized carbons (Fsp3) is 0.0741. The molecule has 0 saturated heterocycles. The summed E-state index contributed by atoms with van der Waals surface area (Å²) in [6, 6.07) is 18.4. The van der Waals surface area contributed by atoms with E-state index in [9.17, 15) is 14.9 Å². The number of nitro groups is 1. The summed E-state index contributed by atoms with van der Waals surface area (Å²) in [4.78, 5) is 29.1. The van der Waals surface area contributed by atoms with Gasteiger partial charge in [0.2, 0.25) is 5.82 Å². The Kier molecular flexibility index (Phi) is 6.21. The molecule has 0 unspecified atom stereocenters. The summed E-state index contributed by atoms with van der Waals surface area (Å²) >= 11 is 0. The van der Waals surface area contributed by atoms with E-state index in [0.29, 0.717) is 38.9 Å². The van der Waals surface area contributed by atoms with Gasteiger partial charge in [-0.3, -0.25) is 14.9 Å². The number of methoxy groups -OCH3 is 1. The summed E-state index contributed by atoms with van der Waals surface area (Å²) < 4.78 is 17.9. The van der Waals surface area contributed by atoms with Crippen molar-refractivity contribution in [3.05, 3.63) is 105 Å². The van der Waals surface area contributed by atoms with Gasteiger partial charge in [-0.2, -0.15) is 9.78 Å². The summed E-state index contributed by atoms with van der Waals surface area (Å²) in [6.45, 7) is 3.67. The monoisotopic (exact) mass is 496 g/mol. The Morgan fingerprint density at radius 3 is 2.73 bits per heavy atom. The zero-order valence-electron chi connectivity index (χ0n) is 19.7. The Labute approximate surface area is 209 Å². The van der Waals surface area contributed by atoms with Gasteiger partial charge in [0.25, 0.3) is 5.56 Å². The van der Waals surface area contributed by atoms with Crippen LogP contribution in [0, 0.1) is 10.1 Å². The number of fused-ring (bicyclic) bond motifs is 2. The lowest BCUT2D eigenvalue weighted by Crippen LogP contribution is -2.20. The lowest BCUT2D eigenvalue weighted by Gasteiger charge is -2.07. The van der Waals surface area contributed by atoms with E-state index in [2.05, 4.69) is 16.7 Å². The Balaban J connectivity index is 1.66. The molecule has 0 radical (unpaired) electrons. The molecule has 0 atom stereocenters.